The third-order valence-electron chi connectivity index (χ3n) is 3.16. The summed E-state index contributed by atoms with van der Waals surface area (Å²) < 4.78 is 5.33. The highest BCUT2D eigenvalue weighted by Gasteiger charge is 2.22. The molecule has 0 heterocycles. The van der Waals surface area contributed by atoms with Gasteiger partial charge in [0.05, 0.1) is 13.2 Å². The summed E-state index contributed by atoms with van der Waals surface area (Å²) in [6.45, 7) is 0.0899. The number of fused-ring (bicyclic) bond motifs is 1. The smallest absolute Gasteiger partial charge is 0.122 e. The number of nitriles is 1. The van der Waals surface area contributed by atoms with Gasteiger partial charge in [-0.15, -0.1) is 0 Å². The van der Waals surface area contributed by atoms with Crippen molar-refractivity contribution in [3.05, 3.63) is 34.9 Å². The SMILES string of the molecule is COc1ccc2c(c1CCO)/C(=C/C#N)CC2. The predicted molar refractivity (Wildman–Crippen MR) is 65.7 cm³/mol. The number of aliphatic hydroxyl groups is 1. The van der Waals surface area contributed by atoms with Crippen molar-refractivity contribution in [1.82, 2.24) is 0 Å². The highest BCUT2D eigenvalue weighted by Crippen LogP contribution is 2.38. The van der Waals surface area contributed by atoms with Crippen molar-refractivity contribution >= 4 is 5.57 Å². The van der Waals surface area contributed by atoms with Crippen molar-refractivity contribution in [3.63, 3.8) is 0 Å². The molecule has 0 aromatic heterocycles. The Balaban J connectivity index is 2.59. The molecular weight excluding hydrogens is 214 g/mol. The average Bonchev–Trinajstić information content (AvgIpc) is 2.74. The van der Waals surface area contributed by atoms with Gasteiger partial charge in [0.1, 0.15) is 5.75 Å². The molecule has 0 amide bonds. The van der Waals surface area contributed by atoms with Gasteiger partial charge >= 0.3 is 0 Å². The molecule has 1 aliphatic carbocycles. The maximum absolute atomic E-state index is 9.15. The molecule has 0 fully saturated rings. The second kappa shape index (κ2) is 5.03. The number of benzene rings is 1. The second-order valence-corrected chi connectivity index (χ2v) is 4.05. The zero-order valence-corrected chi connectivity index (χ0v) is 9.86. The molecule has 0 saturated carbocycles. The van der Waals surface area contributed by atoms with E-state index in [9.17, 15) is 0 Å². The Labute approximate surface area is 101 Å². The summed E-state index contributed by atoms with van der Waals surface area (Å²) in [6.07, 6.45) is 4.03. The lowest BCUT2D eigenvalue weighted by molar-refractivity contribution is 0.296. The van der Waals surface area contributed by atoms with Crippen LogP contribution in [0, 0.1) is 11.3 Å². The number of allylic oxidation sites excluding steroid dienone is 2. The van der Waals surface area contributed by atoms with Gasteiger partial charge in [-0.1, -0.05) is 6.07 Å². The van der Waals surface area contributed by atoms with Crippen molar-refractivity contribution in [1.29, 1.82) is 5.26 Å². The minimum absolute atomic E-state index is 0.0899. The Morgan fingerprint density at radius 3 is 2.94 bits per heavy atom. The van der Waals surface area contributed by atoms with Gasteiger partial charge in [-0.25, -0.2) is 0 Å². The lowest BCUT2D eigenvalue weighted by Crippen LogP contribution is -2.00. The van der Waals surface area contributed by atoms with Crippen molar-refractivity contribution < 1.29 is 9.84 Å². The van der Waals surface area contributed by atoms with Crippen molar-refractivity contribution in [2.24, 2.45) is 0 Å². The van der Waals surface area contributed by atoms with Gasteiger partial charge in [0.2, 0.25) is 0 Å². The fourth-order valence-corrected chi connectivity index (χ4v) is 2.45. The van der Waals surface area contributed by atoms with Gasteiger partial charge in [-0.2, -0.15) is 5.26 Å². The van der Waals surface area contributed by atoms with Crippen LogP contribution in [-0.2, 0) is 12.8 Å². The first-order valence-corrected chi connectivity index (χ1v) is 5.70. The van der Waals surface area contributed by atoms with Crippen LogP contribution in [0.3, 0.4) is 0 Å². The van der Waals surface area contributed by atoms with Crippen LogP contribution < -0.4 is 4.74 Å². The quantitative estimate of drug-likeness (QED) is 0.807. The molecule has 0 aliphatic heterocycles. The van der Waals surface area contributed by atoms with E-state index in [1.54, 1.807) is 13.2 Å². The lowest BCUT2D eigenvalue weighted by atomic mass is 9.97. The summed E-state index contributed by atoms with van der Waals surface area (Å²) in [4.78, 5) is 0. The number of nitrogens with zero attached hydrogens (tertiary/aromatic N) is 1. The summed E-state index contributed by atoms with van der Waals surface area (Å²) in [5, 5.41) is 17.9. The molecule has 1 aromatic carbocycles. The molecule has 0 unspecified atom stereocenters. The van der Waals surface area contributed by atoms with Gasteiger partial charge in [0.15, 0.2) is 0 Å². The molecule has 1 aliphatic rings. The summed E-state index contributed by atoms with van der Waals surface area (Å²) in [6, 6.07) is 6.08. The Bertz CT molecular complexity index is 498. The molecule has 1 N–H and O–H groups in total. The van der Waals surface area contributed by atoms with E-state index in [0.717, 1.165) is 35.3 Å². The molecule has 1 aromatic rings. The number of ether oxygens (including phenoxy) is 1. The minimum Gasteiger partial charge on any atom is -0.496 e. The summed E-state index contributed by atoms with van der Waals surface area (Å²) in [7, 11) is 1.63. The first-order chi connectivity index (χ1) is 8.31. The minimum atomic E-state index is 0.0899. The Morgan fingerprint density at radius 2 is 2.29 bits per heavy atom. The standard InChI is InChI=1S/C14H15NO2/c1-17-13-5-4-10-2-3-11(6-8-15)14(10)12(13)7-9-16/h4-6,16H,2-3,7,9H2,1H3/b11-6+. The van der Waals surface area contributed by atoms with Gasteiger partial charge in [-0.05, 0) is 42.0 Å². The molecule has 17 heavy (non-hydrogen) atoms. The van der Waals surface area contributed by atoms with Crippen LogP contribution in [0.2, 0.25) is 0 Å². The van der Waals surface area contributed by atoms with Gasteiger partial charge in [0, 0.05) is 18.2 Å². The first kappa shape index (κ1) is 11.7. The highest BCUT2D eigenvalue weighted by molar-refractivity contribution is 5.78. The lowest BCUT2D eigenvalue weighted by Gasteiger charge is -2.13. The topological polar surface area (TPSA) is 53.2 Å². The van der Waals surface area contributed by atoms with Gasteiger partial charge in [0.25, 0.3) is 0 Å². The van der Waals surface area contributed by atoms with Crippen LogP contribution in [0.1, 0.15) is 23.1 Å². The molecule has 0 saturated heterocycles. The molecule has 0 spiro atoms. The average molecular weight is 229 g/mol. The first-order valence-electron chi connectivity index (χ1n) is 5.70. The molecule has 3 heteroatoms. The van der Waals surface area contributed by atoms with E-state index < -0.39 is 0 Å². The molecule has 2 rings (SSSR count). The van der Waals surface area contributed by atoms with E-state index in [4.69, 9.17) is 15.1 Å². The van der Waals surface area contributed by atoms with E-state index in [1.165, 1.54) is 5.56 Å². The van der Waals surface area contributed by atoms with Crippen LogP contribution in [0.15, 0.2) is 18.2 Å². The molecule has 88 valence electrons. The molecular formula is C14H15NO2. The van der Waals surface area contributed by atoms with Crippen molar-refractivity contribution in [2.45, 2.75) is 19.3 Å². The van der Waals surface area contributed by atoms with Crippen molar-refractivity contribution in [3.8, 4) is 11.8 Å². The van der Waals surface area contributed by atoms with E-state index in [2.05, 4.69) is 6.07 Å². The predicted octanol–water partition coefficient (Wildman–Crippen LogP) is 2.08. The van der Waals surface area contributed by atoms with E-state index in [-0.39, 0.29) is 6.61 Å². The largest absolute Gasteiger partial charge is 0.496 e. The zero-order valence-electron chi connectivity index (χ0n) is 9.86. The normalized spacial score (nSPS) is 15.7. The number of rotatable bonds is 3. The fraction of sp³-hybridized carbons (Fsp3) is 0.357. The van der Waals surface area contributed by atoms with E-state index >= 15 is 0 Å². The number of methoxy groups -OCH3 is 1. The maximum atomic E-state index is 9.15. The summed E-state index contributed by atoms with van der Waals surface area (Å²) in [5.41, 5.74) is 4.44. The van der Waals surface area contributed by atoms with Crippen LogP contribution >= 0.6 is 0 Å². The fourth-order valence-electron chi connectivity index (χ4n) is 2.45. The second-order valence-electron chi connectivity index (χ2n) is 4.05. The number of hydrogen-bond acceptors (Lipinski definition) is 3. The third kappa shape index (κ3) is 2.04. The van der Waals surface area contributed by atoms with Crippen molar-refractivity contribution in [2.75, 3.05) is 13.7 Å². The Morgan fingerprint density at radius 1 is 1.47 bits per heavy atom. The molecule has 3 nitrogen and oxygen atoms in total. The monoisotopic (exact) mass is 229 g/mol. The third-order valence-corrected chi connectivity index (χ3v) is 3.16. The summed E-state index contributed by atoms with van der Waals surface area (Å²) >= 11 is 0. The van der Waals surface area contributed by atoms with Crippen LogP contribution in [0.5, 0.6) is 5.75 Å². The van der Waals surface area contributed by atoms with Crippen LogP contribution in [0.25, 0.3) is 5.57 Å². The number of aliphatic hydroxyl groups excluding tert-OH is 1. The number of hydrogen-bond donors (Lipinski definition) is 1. The highest BCUT2D eigenvalue weighted by atomic mass is 16.5. The molecule has 0 atom stereocenters. The summed E-state index contributed by atoms with van der Waals surface area (Å²) in [5.74, 6) is 0.795. The molecule has 0 bridgehead atoms. The Hall–Kier alpha value is -1.79. The van der Waals surface area contributed by atoms with Crippen LogP contribution in [0.4, 0.5) is 0 Å². The van der Waals surface area contributed by atoms with E-state index in [1.807, 2.05) is 12.1 Å². The van der Waals surface area contributed by atoms with Crippen LogP contribution in [-0.4, -0.2) is 18.8 Å². The maximum Gasteiger partial charge on any atom is 0.122 e. The van der Waals surface area contributed by atoms with Gasteiger partial charge < -0.3 is 9.84 Å². The van der Waals surface area contributed by atoms with Gasteiger partial charge in [-0.3, -0.25) is 0 Å². The Kier molecular flexibility index (Phi) is 3.46. The van der Waals surface area contributed by atoms with E-state index in [0.29, 0.717) is 6.42 Å². The molecule has 0 radical (unpaired) electrons. The zero-order chi connectivity index (χ0) is 12.3. The number of aryl methyl sites for hydroxylation is 1.